The van der Waals surface area contributed by atoms with Gasteiger partial charge in [-0.05, 0) is 6.07 Å². The quantitative estimate of drug-likeness (QED) is 0.456. The average molecular weight is 246 g/mol. The Balaban J connectivity index is 3.05. The normalized spacial score (nSPS) is 11.5. The molecule has 0 radical (unpaired) electrons. The van der Waals surface area contributed by atoms with Gasteiger partial charge in [0, 0.05) is 10.9 Å². The number of rotatable bonds is 3. The second-order valence-corrected chi connectivity index (χ2v) is 2.89. The summed E-state index contributed by atoms with van der Waals surface area (Å²) in [4.78, 5) is 4.60. The van der Waals surface area contributed by atoms with Gasteiger partial charge in [0.1, 0.15) is 18.6 Å². The largest absolute Gasteiger partial charge is 0.399 e. The van der Waals surface area contributed by atoms with Crippen LogP contribution < -0.4 is 0 Å². The highest BCUT2D eigenvalue weighted by molar-refractivity contribution is 9.09. The van der Waals surface area contributed by atoms with Crippen LogP contribution in [0.1, 0.15) is 5.56 Å². The first-order valence-corrected chi connectivity index (χ1v) is 4.82. The van der Waals surface area contributed by atoms with Crippen molar-refractivity contribution in [2.24, 2.45) is 5.16 Å². The van der Waals surface area contributed by atoms with Crippen LogP contribution in [0.3, 0.4) is 0 Å². The number of benzene rings is 1. The van der Waals surface area contributed by atoms with E-state index in [0.717, 1.165) is 0 Å². The third-order valence-electron chi connectivity index (χ3n) is 1.51. The van der Waals surface area contributed by atoms with Crippen molar-refractivity contribution in [3.8, 4) is 0 Å². The number of hydrogen-bond acceptors (Lipinski definition) is 2. The summed E-state index contributed by atoms with van der Waals surface area (Å²) in [6.45, 7) is 0. The van der Waals surface area contributed by atoms with Crippen LogP contribution in [0, 0.1) is 5.82 Å². The van der Waals surface area contributed by atoms with E-state index in [9.17, 15) is 4.39 Å². The highest BCUT2D eigenvalue weighted by Crippen LogP contribution is 2.09. The molecule has 1 aromatic carbocycles. The molecule has 0 spiro atoms. The maximum Gasteiger partial charge on any atom is 0.132 e. The summed E-state index contributed by atoms with van der Waals surface area (Å²) in [6.07, 6.45) is 0. The van der Waals surface area contributed by atoms with Gasteiger partial charge in [0.15, 0.2) is 0 Å². The Hall–Kier alpha value is -0.900. The molecule has 0 saturated carbocycles. The van der Waals surface area contributed by atoms with Crippen molar-refractivity contribution in [1.29, 1.82) is 0 Å². The van der Waals surface area contributed by atoms with Crippen molar-refractivity contribution in [2.45, 2.75) is 0 Å². The Labute approximate surface area is 84.5 Å². The minimum atomic E-state index is -0.294. The van der Waals surface area contributed by atoms with E-state index >= 15 is 0 Å². The lowest BCUT2D eigenvalue weighted by Gasteiger charge is -2.02. The molecule has 4 heteroatoms. The number of hydrogen-bond donors (Lipinski definition) is 0. The minimum absolute atomic E-state index is 0.294. The van der Waals surface area contributed by atoms with Crippen LogP contribution >= 0.6 is 15.9 Å². The van der Waals surface area contributed by atoms with Crippen LogP contribution in [-0.4, -0.2) is 18.2 Å². The summed E-state index contributed by atoms with van der Waals surface area (Å²) < 4.78 is 13.2. The van der Waals surface area contributed by atoms with E-state index in [2.05, 4.69) is 25.9 Å². The zero-order valence-corrected chi connectivity index (χ0v) is 8.71. The molecule has 0 saturated heterocycles. The second-order valence-electron chi connectivity index (χ2n) is 2.33. The average Bonchev–Trinajstić information content (AvgIpc) is 2.16. The minimum Gasteiger partial charge on any atom is -0.399 e. The number of halogens is 2. The molecule has 13 heavy (non-hydrogen) atoms. The van der Waals surface area contributed by atoms with Gasteiger partial charge in [0.25, 0.3) is 0 Å². The Morgan fingerprint density at radius 3 is 2.77 bits per heavy atom. The topological polar surface area (TPSA) is 21.6 Å². The van der Waals surface area contributed by atoms with Crippen LogP contribution in [0.5, 0.6) is 0 Å². The predicted molar refractivity (Wildman–Crippen MR) is 53.7 cm³/mol. The summed E-state index contributed by atoms with van der Waals surface area (Å²) in [5, 5.41) is 4.16. The summed E-state index contributed by atoms with van der Waals surface area (Å²) in [6, 6.07) is 6.45. The highest BCUT2D eigenvalue weighted by atomic mass is 79.9. The molecule has 0 bridgehead atoms. The molecule has 0 atom stereocenters. The molecule has 70 valence electrons. The summed E-state index contributed by atoms with van der Waals surface area (Å²) >= 11 is 3.21. The zero-order valence-electron chi connectivity index (χ0n) is 7.13. The van der Waals surface area contributed by atoms with Gasteiger partial charge in [0.2, 0.25) is 0 Å². The van der Waals surface area contributed by atoms with Gasteiger partial charge >= 0.3 is 0 Å². The van der Waals surface area contributed by atoms with Crippen LogP contribution in [-0.2, 0) is 4.84 Å². The maximum absolute atomic E-state index is 13.2. The smallest absolute Gasteiger partial charge is 0.132 e. The third-order valence-corrected chi connectivity index (χ3v) is 2.04. The SMILES string of the molecule is CON=C(CBr)c1ccccc1F. The standard InChI is InChI=1S/C9H9BrFNO/c1-13-12-9(6-10)7-4-2-3-5-8(7)11/h2-5H,6H2,1H3. The van der Waals surface area contributed by atoms with E-state index in [4.69, 9.17) is 0 Å². The molecule has 0 aliphatic heterocycles. The van der Waals surface area contributed by atoms with Crippen LogP contribution in [0.25, 0.3) is 0 Å². The molecule has 0 unspecified atom stereocenters. The van der Waals surface area contributed by atoms with Crippen molar-refractivity contribution in [3.05, 3.63) is 35.6 Å². The lowest BCUT2D eigenvalue weighted by molar-refractivity contribution is 0.213. The fourth-order valence-corrected chi connectivity index (χ4v) is 1.36. The fourth-order valence-electron chi connectivity index (χ4n) is 0.951. The summed E-state index contributed by atoms with van der Waals surface area (Å²) in [5.41, 5.74) is 1.00. The van der Waals surface area contributed by atoms with E-state index in [1.807, 2.05) is 0 Å². The van der Waals surface area contributed by atoms with E-state index in [1.54, 1.807) is 18.2 Å². The molecule has 0 fully saturated rings. The number of nitrogens with zero attached hydrogens (tertiary/aromatic N) is 1. The molecule has 1 aromatic rings. The highest BCUT2D eigenvalue weighted by Gasteiger charge is 2.07. The molecular formula is C9H9BrFNO. The molecule has 0 amide bonds. The van der Waals surface area contributed by atoms with Gasteiger partial charge < -0.3 is 4.84 Å². The van der Waals surface area contributed by atoms with Crippen LogP contribution in [0.15, 0.2) is 29.4 Å². The Morgan fingerprint density at radius 2 is 2.23 bits per heavy atom. The first kappa shape index (κ1) is 10.2. The first-order valence-electron chi connectivity index (χ1n) is 3.70. The van der Waals surface area contributed by atoms with Crippen molar-refractivity contribution < 1.29 is 9.23 Å². The maximum atomic E-state index is 13.2. The molecule has 2 nitrogen and oxygen atoms in total. The number of oxime groups is 1. The zero-order chi connectivity index (χ0) is 9.68. The molecule has 0 aliphatic carbocycles. The first-order chi connectivity index (χ1) is 6.29. The molecule has 1 rings (SSSR count). The van der Waals surface area contributed by atoms with Gasteiger partial charge in [-0.15, -0.1) is 0 Å². The fraction of sp³-hybridized carbons (Fsp3) is 0.222. The third kappa shape index (κ3) is 2.52. The van der Waals surface area contributed by atoms with E-state index in [1.165, 1.54) is 13.2 Å². The molecular weight excluding hydrogens is 237 g/mol. The van der Waals surface area contributed by atoms with Gasteiger partial charge in [0.05, 0.1) is 0 Å². The van der Waals surface area contributed by atoms with Gasteiger partial charge in [-0.2, -0.15) is 0 Å². The summed E-state index contributed by atoms with van der Waals surface area (Å²) in [5.74, 6) is -0.294. The van der Waals surface area contributed by atoms with Gasteiger partial charge in [-0.1, -0.05) is 39.3 Å². The van der Waals surface area contributed by atoms with E-state index in [-0.39, 0.29) is 5.82 Å². The lowest BCUT2D eigenvalue weighted by Crippen LogP contribution is -2.05. The van der Waals surface area contributed by atoms with Crippen molar-refractivity contribution in [1.82, 2.24) is 0 Å². The van der Waals surface area contributed by atoms with Crippen molar-refractivity contribution >= 4 is 21.6 Å². The van der Waals surface area contributed by atoms with Crippen molar-refractivity contribution in [2.75, 3.05) is 12.4 Å². The Morgan fingerprint density at radius 1 is 1.54 bits per heavy atom. The second kappa shape index (κ2) is 4.97. The Bertz CT molecular complexity index is 314. The van der Waals surface area contributed by atoms with Crippen LogP contribution in [0.4, 0.5) is 4.39 Å². The Kier molecular flexibility index (Phi) is 3.89. The summed E-state index contributed by atoms with van der Waals surface area (Å²) in [7, 11) is 1.43. The monoisotopic (exact) mass is 245 g/mol. The van der Waals surface area contributed by atoms with E-state index < -0.39 is 0 Å². The van der Waals surface area contributed by atoms with Crippen molar-refractivity contribution in [3.63, 3.8) is 0 Å². The lowest BCUT2D eigenvalue weighted by atomic mass is 10.1. The molecule has 0 aliphatic rings. The molecule has 0 N–H and O–H groups in total. The van der Waals surface area contributed by atoms with Gasteiger partial charge in [-0.3, -0.25) is 0 Å². The van der Waals surface area contributed by atoms with Gasteiger partial charge in [-0.25, -0.2) is 4.39 Å². The van der Waals surface area contributed by atoms with E-state index in [0.29, 0.717) is 16.6 Å². The predicted octanol–water partition coefficient (Wildman–Crippen LogP) is 2.57. The van der Waals surface area contributed by atoms with Crippen LogP contribution in [0.2, 0.25) is 0 Å². The molecule has 0 heterocycles. The number of alkyl halides is 1. The molecule has 0 aromatic heterocycles.